The summed E-state index contributed by atoms with van der Waals surface area (Å²) in [6, 6.07) is 7.31. The summed E-state index contributed by atoms with van der Waals surface area (Å²) in [6.07, 6.45) is 0. The lowest BCUT2D eigenvalue weighted by Crippen LogP contribution is -2.14. The van der Waals surface area contributed by atoms with Gasteiger partial charge in [-0.1, -0.05) is 11.6 Å². The number of phenolic OH excluding ortho intramolecular Hbond substituents is 1. The maximum atomic E-state index is 12.4. The lowest BCUT2D eigenvalue weighted by Gasteiger charge is -2.13. The first-order valence-corrected chi connectivity index (χ1v) is 8.03. The minimum atomic E-state index is -4.10. The van der Waals surface area contributed by atoms with E-state index in [0.717, 1.165) is 18.2 Å². The predicted octanol–water partition coefficient (Wildman–Crippen LogP) is 2.55. The zero-order valence-electron chi connectivity index (χ0n) is 11.8. The van der Waals surface area contributed by atoms with E-state index in [2.05, 4.69) is 4.72 Å². The average Bonchev–Trinajstić information content (AvgIpc) is 2.49. The van der Waals surface area contributed by atoms with Crippen LogP contribution in [0.4, 0.5) is 5.69 Å². The molecule has 0 aliphatic carbocycles. The second kappa shape index (κ2) is 6.35. The number of methoxy groups -OCH3 is 1. The number of anilines is 1. The zero-order valence-corrected chi connectivity index (χ0v) is 13.4. The fraction of sp³-hybridized carbons (Fsp3) is 0.0714. The third-order valence-corrected chi connectivity index (χ3v) is 4.53. The normalized spacial score (nSPS) is 11.0. The summed E-state index contributed by atoms with van der Waals surface area (Å²) < 4.78 is 32.0. The van der Waals surface area contributed by atoms with E-state index in [9.17, 15) is 18.3 Å². The number of hydrogen-bond acceptors (Lipinski definition) is 5. The van der Waals surface area contributed by atoms with Gasteiger partial charge in [0.05, 0.1) is 18.4 Å². The van der Waals surface area contributed by atoms with Crippen LogP contribution in [0.5, 0.6) is 11.5 Å². The van der Waals surface area contributed by atoms with Crippen LogP contribution in [-0.2, 0) is 10.0 Å². The van der Waals surface area contributed by atoms with Gasteiger partial charge in [0.1, 0.15) is 16.4 Å². The molecule has 0 amide bonds. The maximum absolute atomic E-state index is 12.4. The third-order valence-electron chi connectivity index (χ3n) is 2.90. The van der Waals surface area contributed by atoms with E-state index in [1.54, 1.807) is 0 Å². The molecule has 0 unspecified atom stereocenters. The van der Waals surface area contributed by atoms with Crippen molar-refractivity contribution in [2.75, 3.05) is 11.8 Å². The number of ether oxygens (including phenoxy) is 1. The van der Waals surface area contributed by atoms with Gasteiger partial charge in [0.25, 0.3) is 10.0 Å². The lowest BCUT2D eigenvalue weighted by molar-refractivity contribution is 0.0696. The third kappa shape index (κ3) is 3.66. The molecule has 0 aliphatic heterocycles. The van der Waals surface area contributed by atoms with Crippen molar-refractivity contribution < 1.29 is 28.2 Å². The minimum Gasteiger partial charge on any atom is -0.506 e. The number of benzene rings is 2. The van der Waals surface area contributed by atoms with E-state index in [1.165, 1.54) is 25.3 Å². The molecule has 0 spiro atoms. The van der Waals surface area contributed by atoms with Crippen LogP contribution in [0.15, 0.2) is 41.3 Å². The van der Waals surface area contributed by atoms with Gasteiger partial charge in [-0.05, 0) is 36.4 Å². The van der Waals surface area contributed by atoms with Gasteiger partial charge in [-0.25, -0.2) is 13.2 Å². The van der Waals surface area contributed by atoms with Crippen molar-refractivity contribution in [1.82, 2.24) is 0 Å². The molecule has 0 radical (unpaired) electrons. The van der Waals surface area contributed by atoms with E-state index in [4.69, 9.17) is 21.4 Å². The number of aromatic carboxylic acids is 1. The summed E-state index contributed by atoms with van der Waals surface area (Å²) in [5.41, 5.74) is -0.345. The molecule has 23 heavy (non-hydrogen) atoms. The van der Waals surface area contributed by atoms with Crippen LogP contribution in [0.25, 0.3) is 0 Å². The molecule has 0 saturated heterocycles. The fourth-order valence-corrected chi connectivity index (χ4v) is 3.32. The Bertz CT molecular complexity index is 866. The monoisotopic (exact) mass is 357 g/mol. The number of halogens is 1. The molecule has 2 aromatic carbocycles. The van der Waals surface area contributed by atoms with Crippen molar-refractivity contribution in [2.24, 2.45) is 0 Å². The van der Waals surface area contributed by atoms with Crippen LogP contribution >= 0.6 is 11.6 Å². The van der Waals surface area contributed by atoms with Gasteiger partial charge < -0.3 is 14.9 Å². The molecule has 122 valence electrons. The summed E-state index contributed by atoms with van der Waals surface area (Å²) >= 11 is 5.81. The molecule has 0 aromatic heterocycles. The van der Waals surface area contributed by atoms with Gasteiger partial charge in [0.2, 0.25) is 0 Å². The Hall–Kier alpha value is -2.45. The van der Waals surface area contributed by atoms with E-state index < -0.39 is 21.7 Å². The molecule has 2 aromatic rings. The van der Waals surface area contributed by atoms with Crippen LogP contribution in [0, 0.1) is 0 Å². The molecule has 2 rings (SSSR count). The van der Waals surface area contributed by atoms with Crippen LogP contribution in [-0.4, -0.2) is 31.7 Å². The van der Waals surface area contributed by atoms with Crippen molar-refractivity contribution in [3.05, 3.63) is 47.0 Å². The summed E-state index contributed by atoms with van der Waals surface area (Å²) in [5, 5.41) is 18.8. The molecule has 7 nitrogen and oxygen atoms in total. The van der Waals surface area contributed by atoms with Gasteiger partial charge in [-0.3, -0.25) is 4.72 Å². The molecule has 0 atom stereocenters. The van der Waals surface area contributed by atoms with E-state index in [-0.39, 0.29) is 26.9 Å². The van der Waals surface area contributed by atoms with Crippen LogP contribution < -0.4 is 9.46 Å². The minimum absolute atomic E-state index is 0.0727. The molecule has 0 bridgehead atoms. The standard InChI is InChI=1S/C14H12ClNO6S/c1-22-12-5-3-9(15)7-13(12)23(20,21)16-10-4-2-8(14(18)19)6-11(10)17/h2-7,16-17H,1H3,(H,18,19). The average molecular weight is 358 g/mol. The SMILES string of the molecule is COc1ccc(Cl)cc1S(=O)(=O)Nc1ccc(C(=O)O)cc1O. The molecule has 9 heteroatoms. The predicted molar refractivity (Wildman–Crippen MR) is 83.9 cm³/mol. The van der Waals surface area contributed by atoms with Crippen molar-refractivity contribution >= 4 is 33.3 Å². The van der Waals surface area contributed by atoms with Crippen molar-refractivity contribution in [2.45, 2.75) is 4.90 Å². The Morgan fingerprint density at radius 1 is 1.22 bits per heavy atom. The second-order valence-corrected chi connectivity index (χ2v) is 6.53. The number of carbonyl (C=O) groups is 1. The van der Waals surface area contributed by atoms with Crippen LogP contribution in [0.2, 0.25) is 5.02 Å². The van der Waals surface area contributed by atoms with Crippen molar-refractivity contribution in [1.29, 1.82) is 0 Å². The highest BCUT2D eigenvalue weighted by Crippen LogP contribution is 2.31. The molecule has 0 saturated carbocycles. The highest BCUT2D eigenvalue weighted by atomic mass is 35.5. The van der Waals surface area contributed by atoms with E-state index >= 15 is 0 Å². The molecule has 0 aliphatic rings. The number of phenols is 1. The highest BCUT2D eigenvalue weighted by Gasteiger charge is 2.22. The summed E-state index contributed by atoms with van der Waals surface area (Å²) in [5.74, 6) is -1.69. The number of sulfonamides is 1. The molecule has 0 fully saturated rings. The first kappa shape index (κ1) is 16.9. The van der Waals surface area contributed by atoms with Gasteiger partial charge in [0, 0.05) is 5.02 Å². The number of nitrogens with one attached hydrogen (secondary N) is 1. The topological polar surface area (TPSA) is 113 Å². The van der Waals surface area contributed by atoms with Gasteiger partial charge in [-0.2, -0.15) is 0 Å². The van der Waals surface area contributed by atoms with E-state index in [0.29, 0.717) is 0 Å². The number of hydrogen-bond donors (Lipinski definition) is 3. The smallest absolute Gasteiger partial charge is 0.335 e. The van der Waals surface area contributed by atoms with Gasteiger partial charge >= 0.3 is 5.97 Å². The molecular formula is C14H12ClNO6S. The summed E-state index contributed by atoms with van der Waals surface area (Å²) in [7, 11) is -2.79. The Balaban J connectivity index is 2.43. The Morgan fingerprint density at radius 3 is 2.48 bits per heavy atom. The number of aromatic hydroxyl groups is 1. The Labute approximate surface area is 137 Å². The zero-order chi connectivity index (χ0) is 17.2. The molecular weight excluding hydrogens is 346 g/mol. The Morgan fingerprint density at radius 2 is 1.91 bits per heavy atom. The fourth-order valence-electron chi connectivity index (χ4n) is 1.81. The summed E-state index contributed by atoms with van der Waals surface area (Å²) in [4.78, 5) is 10.6. The van der Waals surface area contributed by atoms with Crippen molar-refractivity contribution in [3.63, 3.8) is 0 Å². The maximum Gasteiger partial charge on any atom is 0.335 e. The van der Waals surface area contributed by atoms with Crippen LogP contribution in [0.3, 0.4) is 0 Å². The number of rotatable bonds is 5. The largest absolute Gasteiger partial charge is 0.506 e. The first-order chi connectivity index (χ1) is 10.7. The highest BCUT2D eigenvalue weighted by molar-refractivity contribution is 7.92. The summed E-state index contributed by atoms with van der Waals surface area (Å²) in [6.45, 7) is 0. The number of carboxylic acids is 1. The van der Waals surface area contributed by atoms with Crippen LogP contribution in [0.1, 0.15) is 10.4 Å². The molecule has 3 N–H and O–H groups in total. The lowest BCUT2D eigenvalue weighted by atomic mass is 10.2. The van der Waals surface area contributed by atoms with Crippen molar-refractivity contribution in [3.8, 4) is 11.5 Å². The molecule has 0 heterocycles. The van der Waals surface area contributed by atoms with E-state index in [1.807, 2.05) is 0 Å². The van der Waals surface area contributed by atoms with Gasteiger partial charge in [0.15, 0.2) is 0 Å². The Kier molecular flexibility index (Phi) is 4.67. The first-order valence-electron chi connectivity index (χ1n) is 6.17. The van der Waals surface area contributed by atoms with Gasteiger partial charge in [-0.15, -0.1) is 0 Å². The number of carboxylic acid groups (broad SMARTS) is 1. The second-order valence-electron chi connectivity index (χ2n) is 4.44. The quantitative estimate of drug-likeness (QED) is 0.709.